The maximum atomic E-state index is 13.6. The average Bonchev–Trinajstić information content (AvgIpc) is 3.64. The van der Waals surface area contributed by atoms with Crippen molar-refractivity contribution in [3.05, 3.63) is 77.9 Å². The van der Waals surface area contributed by atoms with Gasteiger partial charge in [0.2, 0.25) is 0 Å². The minimum atomic E-state index is -0.976. The molecule has 0 unspecified atom stereocenters. The lowest BCUT2D eigenvalue weighted by molar-refractivity contribution is -0.148. The summed E-state index contributed by atoms with van der Waals surface area (Å²) in [5.41, 5.74) is 2.29. The molecule has 0 aromatic carbocycles. The van der Waals surface area contributed by atoms with Crippen LogP contribution in [0.4, 0.5) is 16.0 Å². The Labute approximate surface area is 241 Å². The molecule has 42 heavy (non-hydrogen) atoms. The predicted octanol–water partition coefficient (Wildman–Crippen LogP) is 4.44. The van der Waals surface area contributed by atoms with Gasteiger partial charge >= 0.3 is 0 Å². The number of aryl methyl sites for hydroxylation is 1. The number of hydrogen-bond donors (Lipinski definition) is 3. The monoisotopic (exact) mass is 570 g/mol. The van der Waals surface area contributed by atoms with Gasteiger partial charge in [0.25, 0.3) is 5.91 Å². The van der Waals surface area contributed by atoms with Gasteiger partial charge in [0.15, 0.2) is 17.5 Å². The summed E-state index contributed by atoms with van der Waals surface area (Å²) >= 11 is 0. The first kappa shape index (κ1) is 27.4. The van der Waals surface area contributed by atoms with Crippen LogP contribution in [0.5, 0.6) is 0 Å². The lowest BCUT2D eigenvalue weighted by atomic mass is 9.76. The number of anilines is 2. The molecule has 1 fully saturated rings. The number of H-pyrrole nitrogens is 1. The number of aromatic nitrogens is 8. The number of rotatable bonds is 8. The van der Waals surface area contributed by atoms with Gasteiger partial charge in [0.05, 0.1) is 35.3 Å². The SMILES string of the molecule is COC1(C(=O)N[C@@H](C)c2ccc(-n3cc(F)cn3)nn2)CCC(c2nc(Nc3cc(C)[nH]n3)cc3cccnc23)CC1. The zero-order chi connectivity index (χ0) is 29.3. The maximum absolute atomic E-state index is 13.6. The van der Waals surface area contributed by atoms with Crippen LogP contribution >= 0.6 is 0 Å². The van der Waals surface area contributed by atoms with Crippen LogP contribution in [0.2, 0.25) is 0 Å². The molecule has 5 aromatic heterocycles. The summed E-state index contributed by atoms with van der Waals surface area (Å²) in [6.07, 6.45) is 6.54. The zero-order valence-electron chi connectivity index (χ0n) is 23.5. The Morgan fingerprint density at radius 2 is 2.02 bits per heavy atom. The summed E-state index contributed by atoms with van der Waals surface area (Å²) in [6.45, 7) is 3.78. The molecular weight excluding hydrogens is 539 g/mol. The van der Waals surface area contributed by atoms with Gasteiger partial charge < -0.3 is 15.4 Å². The number of aromatic amines is 1. The molecule has 1 aliphatic carbocycles. The van der Waals surface area contributed by atoms with Crippen LogP contribution in [0.15, 0.2) is 55.0 Å². The quantitative estimate of drug-likeness (QED) is 0.246. The van der Waals surface area contributed by atoms with Gasteiger partial charge in [0, 0.05) is 36.4 Å². The number of carbonyl (C=O) groups excluding carboxylic acids is 1. The van der Waals surface area contributed by atoms with Crippen LogP contribution in [0.25, 0.3) is 16.7 Å². The molecule has 6 rings (SSSR count). The second-order valence-corrected chi connectivity index (χ2v) is 10.6. The molecule has 0 radical (unpaired) electrons. The standard InChI is InChI=1S/C29H31FN10O2/c1-17-13-24(38-36-17)34-23-14-20-5-4-12-31-26(20)27(35-23)19-8-10-29(42-3,11-9-19)28(41)33-18(2)22-6-7-25(39-37-22)40-16-21(30)15-32-40/h4-7,12-16,18-19H,8-11H2,1-3H3,(H,33,41)(H2,34,35,36,38)/t18-,19?,29?/m0/s1. The van der Waals surface area contributed by atoms with Crippen LogP contribution in [0.1, 0.15) is 61.6 Å². The van der Waals surface area contributed by atoms with Crippen LogP contribution in [0.3, 0.4) is 0 Å². The summed E-state index contributed by atoms with van der Waals surface area (Å²) in [6, 6.07) is 10.8. The van der Waals surface area contributed by atoms with E-state index in [4.69, 9.17) is 9.72 Å². The number of pyridine rings is 2. The van der Waals surface area contributed by atoms with E-state index in [2.05, 4.69) is 41.1 Å². The van der Waals surface area contributed by atoms with Crippen molar-refractivity contribution in [3.8, 4) is 5.82 Å². The average molecular weight is 571 g/mol. The largest absolute Gasteiger partial charge is 0.368 e. The summed E-state index contributed by atoms with van der Waals surface area (Å²) in [4.78, 5) is 23.1. The van der Waals surface area contributed by atoms with E-state index >= 15 is 0 Å². The Morgan fingerprint density at radius 1 is 1.19 bits per heavy atom. The number of nitrogens with zero attached hydrogens (tertiary/aromatic N) is 7. The number of hydrogen-bond acceptors (Lipinski definition) is 9. The number of halogens is 1. The highest BCUT2D eigenvalue weighted by atomic mass is 19.1. The van der Waals surface area contributed by atoms with E-state index in [1.165, 1.54) is 10.9 Å². The van der Waals surface area contributed by atoms with Crippen LogP contribution in [-0.2, 0) is 9.53 Å². The number of amides is 1. The molecule has 5 aromatic rings. The smallest absolute Gasteiger partial charge is 0.252 e. The third-order valence-electron chi connectivity index (χ3n) is 7.81. The Bertz CT molecular complexity index is 1710. The maximum Gasteiger partial charge on any atom is 0.252 e. The molecule has 0 bridgehead atoms. The van der Waals surface area contributed by atoms with E-state index in [1.807, 2.05) is 38.1 Å². The Hall–Kier alpha value is -4.78. The first-order valence-electron chi connectivity index (χ1n) is 13.8. The highest BCUT2D eigenvalue weighted by Gasteiger charge is 2.43. The lowest BCUT2D eigenvalue weighted by Crippen LogP contribution is -2.51. The fourth-order valence-electron chi connectivity index (χ4n) is 5.47. The van der Waals surface area contributed by atoms with E-state index in [0.29, 0.717) is 48.8 Å². The Kier molecular flexibility index (Phi) is 7.33. The molecule has 0 spiro atoms. The molecule has 1 aliphatic rings. The summed E-state index contributed by atoms with van der Waals surface area (Å²) in [5, 5.41) is 26.8. The highest BCUT2D eigenvalue weighted by Crippen LogP contribution is 2.41. The van der Waals surface area contributed by atoms with Gasteiger partial charge in [-0.3, -0.25) is 14.9 Å². The number of nitrogens with one attached hydrogen (secondary N) is 3. The molecule has 13 heteroatoms. The molecule has 12 nitrogen and oxygen atoms in total. The fourth-order valence-corrected chi connectivity index (χ4v) is 5.47. The lowest BCUT2D eigenvalue weighted by Gasteiger charge is -2.38. The van der Waals surface area contributed by atoms with E-state index in [1.54, 1.807) is 25.4 Å². The van der Waals surface area contributed by atoms with Gasteiger partial charge in [-0.25, -0.2) is 14.1 Å². The van der Waals surface area contributed by atoms with Crippen molar-refractivity contribution >= 4 is 28.4 Å². The van der Waals surface area contributed by atoms with Gasteiger partial charge in [0.1, 0.15) is 11.4 Å². The minimum Gasteiger partial charge on any atom is -0.368 e. The van der Waals surface area contributed by atoms with E-state index in [-0.39, 0.29) is 11.8 Å². The predicted molar refractivity (Wildman–Crippen MR) is 153 cm³/mol. The van der Waals surface area contributed by atoms with Crippen LogP contribution in [0, 0.1) is 12.7 Å². The molecule has 1 amide bonds. The van der Waals surface area contributed by atoms with E-state index in [9.17, 15) is 9.18 Å². The van der Waals surface area contributed by atoms with Gasteiger partial charge in [-0.2, -0.15) is 15.3 Å². The second kappa shape index (κ2) is 11.2. The van der Waals surface area contributed by atoms with Gasteiger partial charge in [-0.1, -0.05) is 6.07 Å². The molecule has 0 aliphatic heterocycles. The molecule has 5 heterocycles. The molecular formula is C29H31FN10O2. The van der Waals surface area contributed by atoms with Crippen molar-refractivity contribution in [1.29, 1.82) is 0 Å². The molecule has 3 N–H and O–H groups in total. The molecule has 1 saturated carbocycles. The topological polar surface area (TPSA) is 148 Å². The third kappa shape index (κ3) is 5.42. The van der Waals surface area contributed by atoms with Crippen LogP contribution in [-0.4, -0.2) is 58.8 Å². The van der Waals surface area contributed by atoms with Crippen LogP contribution < -0.4 is 10.6 Å². The van der Waals surface area contributed by atoms with E-state index in [0.717, 1.165) is 28.5 Å². The molecule has 1 atom stereocenters. The number of ether oxygens (including phenoxy) is 1. The van der Waals surface area contributed by atoms with Crippen molar-refractivity contribution in [3.63, 3.8) is 0 Å². The van der Waals surface area contributed by atoms with Gasteiger partial charge in [-0.15, -0.1) is 5.10 Å². The van der Waals surface area contributed by atoms with Crippen molar-refractivity contribution in [2.24, 2.45) is 0 Å². The second-order valence-electron chi connectivity index (χ2n) is 10.6. The van der Waals surface area contributed by atoms with Gasteiger partial charge in [-0.05, 0) is 63.8 Å². The first-order chi connectivity index (χ1) is 20.3. The highest BCUT2D eigenvalue weighted by molar-refractivity contribution is 5.86. The molecule has 216 valence electrons. The fraction of sp³-hybridized carbons (Fsp3) is 0.345. The summed E-state index contributed by atoms with van der Waals surface area (Å²) in [5.74, 6) is 1.20. The summed E-state index contributed by atoms with van der Waals surface area (Å²) < 4.78 is 20.5. The number of fused-ring (bicyclic) bond motifs is 1. The third-order valence-corrected chi connectivity index (χ3v) is 7.81. The first-order valence-corrected chi connectivity index (χ1v) is 13.8. The number of methoxy groups -OCH3 is 1. The minimum absolute atomic E-state index is 0.101. The van der Waals surface area contributed by atoms with Crippen molar-refractivity contribution < 1.29 is 13.9 Å². The van der Waals surface area contributed by atoms with E-state index < -0.39 is 17.5 Å². The summed E-state index contributed by atoms with van der Waals surface area (Å²) in [7, 11) is 1.58. The zero-order valence-corrected chi connectivity index (χ0v) is 23.5. The van der Waals surface area contributed by atoms with Crippen molar-refractivity contribution in [2.45, 2.75) is 57.1 Å². The number of carbonyl (C=O) groups is 1. The van der Waals surface area contributed by atoms with Crippen molar-refractivity contribution in [2.75, 3.05) is 12.4 Å². The normalized spacial score (nSPS) is 19.5. The Morgan fingerprint density at radius 3 is 2.69 bits per heavy atom. The molecule has 0 saturated heterocycles. The Balaban J connectivity index is 1.16. The van der Waals surface area contributed by atoms with Crippen molar-refractivity contribution in [1.82, 2.24) is 45.5 Å².